The SMILES string of the molecule is CCC(C)(C(=O)NC1CCN(C2CC2)C1)C(N)=NO. The molecule has 0 radical (unpaired) electrons. The Hall–Kier alpha value is -1.30. The number of likely N-dealkylation sites (tertiary alicyclic amines) is 1. The number of rotatable bonds is 5. The number of amides is 1. The highest BCUT2D eigenvalue weighted by Crippen LogP contribution is 2.30. The van der Waals surface area contributed by atoms with Crippen molar-refractivity contribution in [1.82, 2.24) is 10.2 Å². The van der Waals surface area contributed by atoms with E-state index in [1.165, 1.54) is 12.8 Å². The molecule has 1 aliphatic heterocycles. The van der Waals surface area contributed by atoms with Crippen LogP contribution in [0.15, 0.2) is 5.16 Å². The second-order valence-electron chi connectivity index (χ2n) is 5.86. The van der Waals surface area contributed by atoms with Gasteiger partial charge in [-0.1, -0.05) is 12.1 Å². The molecule has 0 spiro atoms. The van der Waals surface area contributed by atoms with Crippen molar-refractivity contribution in [1.29, 1.82) is 0 Å². The molecule has 2 fully saturated rings. The lowest BCUT2D eigenvalue weighted by Crippen LogP contribution is -2.51. The molecule has 0 aromatic heterocycles. The number of oxime groups is 1. The Morgan fingerprint density at radius 2 is 2.21 bits per heavy atom. The highest BCUT2D eigenvalue weighted by Gasteiger charge is 2.40. The number of hydrogen-bond acceptors (Lipinski definition) is 4. The van der Waals surface area contributed by atoms with Gasteiger partial charge in [0.2, 0.25) is 5.91 Å². The van der Waals surface area contributed by atoms with Crippen LogP contribution in [0.3, 0.4) is 0 Å². The lowest BCUT2D eigenvalue weighted by Gasteiger charge is -2.27. The molecule has 1 heterocycles. The molecule has 2 rings (SSSR count). The lowest BCUT2D eigenvalue weighted by molar-refractivity contribution is -0.127. The quantitative estimate of drug-likeness (QED) is 0.293. The summed E-state index contributed by atoms with van der Waals surface area (Å²) >= 11 is 0. The van der Waals surface area contributed by atoms with E-state index in [1.54, 1.807) is 6.92 Å². The summed E-state index contributed by atoms with van der Waals surface area (Å²) in [5.41, 5.74) is 4.72. The third kappa shape index (κ3) is 2.83. The Bertz CT molecular complexity index is 381. The fourth-order valence-electron chi connectivity index (χ4n) is 2.59. The average molecular weight is 268 g/mol. The normalized spacial score (nSPS) is 28.1. The minimum absolute atomic E-state index is 0.0236. The van der Waals surface area contributed by atoms with Crippen LogP contribution in [0.5, 0.6) is 0 Å². The largest absolute Gasteiger partial charge is 0.409 e. The molecule has 2 aliphatic rings. The van der Waals surface area contributed by atoms with E-state index in [0.717, 1.165) is 25.6 Å². The summed E-state index contributed by atoms with van der Waals surface area (Å²) in [6.07, 6.45) is 4.07. The molecule has 0 bridgehead atoms. The molecule has 6 heteroatoms. The summed E-state index contributed by atoms with van der Waals surface area (Å²) in [4.78, 5) is 14.8. The fraction of sp³-hybridized carbons (Fsp3) is 0.846. The molecule has 1 amide bonds. The van der Waals surface area contributed by atoms with Gasteiger partial charge < -0.3 is 16.3 Å². The van der Waals surface area contributed by atoms with Gasteiger partial charge in [0.05, 0.1) is 0 Å². The Kier molecular flexibility index (Phi) is 3.99. The van der Waals surface area contributed by atoms with Gasteiger partial charge in [-0.15, -0.1) is 0 Å². The number of nitrogens with zero attached hydrogens (tertiary/aromatic N) is 2. The number of carbonyl (C=O) groups excluding carboxylic acids is 1. The van der Waals surface area contributed by atoms with Crippen molar-refractivity contribution in [3.8, 4) is 0 Å². The minimum atomic E-state index is -0.929. The van der Waals surface area contributed by atoms with Crippen LogP contribution >= 0.6 is 0 Å². The molecule has 0 aromatic rings. The van der Waals surface area contributed by atoms with Gasteiger partial charge in [0, 0.05) is 25.2 Å². The van der Waals surface area contributed by atoms with E-state index in [0.29, 0.717) is 6.42 Å². The molecule has 1 saturated heterocycles. The fourth-order valence-corrected chi connectivity index (χ4v) is 2.59. The Labute approximate surface area is 114 Å². The summed E-state index contributed by atoms with van der Waals surface area (Å²) in [6, 6.07) is 0.925. The van der Waals surface area contributed by atoms with Gasteiger partial charge in [0.1, 0.15) is 5.41 Å². The number of amidine groups is 1. The first kappa shape index (κ1) is 14.1. The monoisotopic (exact) mass is 268 g/mol. The summed E-state index contributed by atoms with van der Waals surface area (Å²) in [6.45, 7) is 5.56. The van der Waals surface area contributed by atoms with Crippen LogP contribution in [-0.4, -0.2) is 47.0 Å². The Balaban J connectivity index is 1.92. The summed E-state index contributed by atoms with van der Waals surface area (Å²) in [5, 5.41) is 14.9. The van der Waals surface area contributed by atoms with Gasteiger partial charge in [-0.25, -0.2) is 0 Å². The maximum absolute atomic E-state index is 12.3. The van der Waals surface area contributed by atoms with Gasteiger partial charge in [0.15, 0.2) is 5.84 Å². The van der Waals surface area contributed by atoms with E-state index >= 15 is 0 Å². The maximum atomic E-state index is 12.3. The Morgan fingerprint density at radius 1 is 1.53 bits per heavy atom. The second-order valence-corrected chi connectivity index (χ2v) is 5.86. The van der Waals surface area contributed by atoms with E-state index in [4.69, 9.17) is 10.9 Å². The maximum Gasteiger partial charge on any atom is 0.233 e. The smallest absolute Gasteiger partial charge is 0.233 e. The van der Waals surface area contributed by atoms with Crippen LogP contribution < -0.4 is 11.1 Å². The average Bonchev–Trinajstić information content (AvgIpc) is 3.17. The number of nitrogens with two attached hydrogens (primary N) is 1. The molecule has 0 aromatic carbocycles. The minimum Gasteiger partial charge on any atom is -0.409 e. The number of nitrogens with one attached hydrogen (secondary N) is 1. The highest BCUT2D eigenvalue weighted by atomic mass is 16.4. The van der Waals surface area contributed by atoms with E-state index < -0.39 is 5.41 Å². The van der Waals surface area contributed by atoms with Crippen molar-refractivity contribution in [2.24, 2.45) is 16.3 Å². The first-order valence-corrected chi connectivity index (χ1v) is 7.04. The summed E-state index contributed by atoms with van der Waals surface area (Å²) in [5.74, 6) is -0.169. The van der Waals surface area contributed by atoms with E-state index in [-0.39, 0.29) is 17.8 Å². The van der Waals surface area contributed by atoms with Gasteiger partial charge in [-0.2, -0.15) is 0 Å². The lowest BCUT2D eigenvalue weighted by atomic mass is 9.85. The zero-order valence-corrected chi connectivity index (χ0v) is 11.7. The van der Waals surface area contributed by atoms with Gasteiger partial charge in [0.25, 0.3) is 0 Å². The van der Waals surface area contributed by atoms with Gasteiger partial charge in [-0.3, -0.25) is 9.69 Å². The van der Waals surface area contributed by atoms with Crippen LogP contribution in [-0.2, 0) is 4.79 Å². The first-order valence-electron chi connectivity index (χ1n) is 7.04. The molecule has 4 N–H and O–H groups in total. The molecule has 6 nitrogen and oxygen atoms in total. The zero-order valence-electron chi connectivity index (χ0n) is 11.7. The molecule has 19 heavy (non-hydrogen) atoms. The van der Waals surface area contributed by atoms with Crippen LogP contribution in [0.2, 0.25) is 0 Å². The zero-order chi connectivity index (χ0) is 14.0. The van der Waals surface area contributed by atoms with Crippen molar-refractivity contribution in [2.45, 2.75) is 51.6 Å². The molecular weight excluding hydrogens is 244 g/mol. The predicted octanol–water partition coefficient (Wildman–Crippen LogP) is 0.502. The first-order chi connectivity index (χ1) is 9.01. The van der Waals surface area contributed by atoms with Crippen LogP contribution in [0, 0.1) is 5.41 Å². The van der Waals surface area contributed by atoms with Crippen molar-refractivity contribution < 1.29 is 10.0 Å². The standard InChI is InChI=1S/C13H24N4O2/c1-3-13(2,11(14)16-19)12(18)15-9-6-7-17(8-9)10-4-5-10/h9-10,19H,3-8H2,1-2H3,(H2,14,16)(H,15,18). The van der Waals surface area contributed by atoms with Crippen molar-refractivity contribution in [2.75, 3.05) is 13.1 Å². The summed E-state index contributed by atoms with van der Waals surface area (Å²) < 4.78 is 0. The molecule has 108 valence electrons. The second kappa shape index (κ2) is 5.36. The molecule has 2 unspecified atom stereocenters. The molecule has 1 saturated carbocycles. The third-order valence-electron chi connectivity index (χ3n) is 4.50. The van der Waals surface area contributed by atoms with Crippen molar-refractivity contribution in [3.63, 3.8) is 0 Å². The molecular formula is C13H24N4O2. The van der Waals surface area contributed by atoms with Gasteiger partial charge >= 0.3 is 0 Å². The highest BCUT2D eigenvalue weighted by molar-refractivity contribution is 6.06. The van der Waals surface area contributed by atoms with E-state index in [1.807, 2.05) is 6.92 Å². The molecule has 1 aliphatic carbocycles. The van der Waals surface area contributed by atoms with E-state index in [9.17, 15) is 4.79 Å². The van der Waals surface area contributed by atoms with Crippen molar-refractivity contribution in [3.05, 3.63) is 0 Å². The summed E-state index contributed by atoms with van der Waals surface area (Å²) in [7, 11) is 0. The van der Waals surface area contributed by atoms with Crippen LogP contribution in [0.25, 0.3) is 0 Å². The van der Waals surface area contributed by atoms with Crippen LogP contribution in [0.1, 0.15) is 39.5 Å². The Morgan fingerprint density at radius 3 is 2.74 bits per heavy atom. The van der Waals surface area contributed by atoms with Gasteiger partial charge in [-0.05, 0) is 32.6 Å². The number of hydrogen-bond donors (Lipinski definition) is 3. The third-order valence-corrected chi connectivity index (χ3v) is 4.50. The topological polar surface area (TPSA) is 91.0 Å². The molecule has 2 atom stereocenters. The predicted molar refractivity (Wildman–Crippen MR) is 72.9 cm³/mol. The number of carbonyl (C=O) groups is 1. The van der Waals surface area contributed by atoms with Crippen molar-refractivity contribution >= 4 is 11.7 Å². The van der Waals surface area contributed by atoms with E-state index in [2.05, 4.69) is 15.4 Å². The van der Waals surface area contributed by atoms with Crippen LogP contribution in [0.4, 0.5) is 0 Å².